The summed E-state index contributed by atoms with van der Waals surface area (Å²) in [6, 6.07) is 5.59. The highest BCUT2D eigenvalue weighted by Gasteiger charge is 2.33. The highest BCUT2D eigenvalue weighted by atomic mass is 19.1. The Morgan fingerprint density at radius 3 is 2.36 bits per heavy atom. The van der Waals surface area contributed by atoms with E-state index < -0.39 is 0 Å². The molecule has 1 fully saturated rings. The van der Waals surface area contributed by atoms with E-state index in [2.05, 4.69) is 37.9 Å². The lowest BCUT2D eigenvalue weighted by Gasteiger charge is -2.45. The normalized spacial score (nSPS) is 23.3. The highest BCUT2D eigenvalue weighted by molar-refractivity contribution is 5.94. The van der Waals surface area contributed by atoms with Crippen LogP contribution in [0.15, 0.2) is 24.3 Å². The zero-order valence-electron chi connectivity index (χ0n) is 13.7. The summed E-state index contributed by atoms with van der Waals surface area (Å²) >= 11 is 0. The van der Waals surface area contributed by atoms with Gasteiger partial charge in [-0.3, -0.25) is 9.69 Å². The Hall–Kier alpha value is -1.46. The number of carbonyl (C=O) groups excluding carboxylic acids is 1. The number of halogens is 1. The molecule has 0 aromatic heterocycles. The van der Waals surface area contributed by atoms with Gasteiger partial charge in [0.2, 0.25) is 0 Å². The molecule has 1 aromatic rings. The lowest BCUT2D eigenvalue weighted by atomic mass is 10.00. The third-order valence-electron chi connectivity index (χ3n) is 4.06. The molecule has 1 aromatic carbocycles. The summed E-state index contributed by atoms with van der Waals surface area (Å²) in [4.78, 5) is 14.5. The van der Waals surface area contributed by atoms with Gasteiger partial charge in [-0.15, -0.1) is 0 Å². The number of hydrogen-bond acceptors (Lipinski definition) is 3. The largest absolute Gasteiger partial charge is 0.373 e. The number of hydrogen-bond donors (Lipinski definition) is 1. The molecule has 1 amide bonds. The van der Waals surface area contributed by atoms with Crippen molar-refractivity contribution in [2.24, 2.45) is 0 Å². The van der Waals surface area contributed by atoms with Crippen molar-refractivity contribution >= 4 is 5.91 Å². The van der Waals surface area contributed by atoms with Crippen LogP contribution in [0.1, 0.15) is 38.1 Å². The van der Waals surface area contributed by atoms with Crippen molar-refractivity contribution < 1.29 is 13.9 Å². The van der Waals surface area contributed by atoms with Crippen molar-refractivity contribution in [1.82, 2.24) is 10.2 Å². The topological polar surface area (TPSA) is 41.6 Å². The molecule has 1 aliphatic heterocycles. The third kappa shape index (κ3) is 4.27. The molecular formula is C17H25FN2O2. The van der Waals surface area contributed by atoms with Crippen molar-refractivity contribution in [3.63, 3.8) is 0 Å². The maximum absolute atomic E-state index is 12.9. The number of ether oxygens (including phenoxy) is 1. The van der Waals surface area contributed by atoms with Crippen molar-refractivity contribution in [2.75, 3.05) is 19.6 Å². The van der Waals surface area contributed by atoms with Gasteiger partial charge in [0.25, 0.3) is 5.91 Å². The molecule has 122 valence electrons. The fourth-order valence-corrected chi connectivity index (χ4v) is 2.78. The van der Waals surface area contributed by atoms with E-state index in [4.69, 9.17) is 4.74 Å². The molecule has 1 N–H and O–H groups in total. The van der Waals surface area contributed by atoms with Crippen molar-refractivity contribution in [3.8, 4) is 0 Å². The van der Waals surface area contributed by atoms with Crippen LogP contribution < -0.4 is 5.32 Å². The summed E-state index contributed by atoms with van der Waals surface area (Å²) in [5, 5.41) is 2.94. The SMILES string of the molecule is CC1CN(C(C)(C)CNC(=O)c2ccc(F)cc2)CC(C)O1. The Morgan fingerprint density at radius 1 is 1.27 bits per heavy atom. The van der Waals surface area contributed by atoms with E-state index >= 15 is 0 Å². The molecule has 5 heteroatoms. The van der Waals surface area contributed by atoms with Gasteiger partial charge in [-0.1, -0.05) is 0 Å². The standard InChI is InChI=1S/C17H25FN2O2/c1-12-9-20(10-13(2)22-12)17(3,4)11-19-16(21)14-5-7-15(18)8-6-14/h5-8,12-13H,9-11H2,1-4H3,(H,19,21). The Balaban J connectivity index is 1.94. The Kier molecular flexibility index (Phi) is 5.19. The van der Waals surface area contributed by atoms with Gasteiger partial charge in [0.15, 0.2) is 0 Å². The van der Waals surface area contributed by atoms with E-state index in [0.717, 1.165) is 13.1 Å². The van der Waals surface area contributed by atoms with Crippen LogP contribution >= 0.6 is 0 Å². The van der Waals surface area contributed by atoms with Gasteiger partial charge in [0.05, 0.1) is 12.2 Å². The van der Waals surface area contributed by atoms with Gasteiger partial charge in [0, 0.05) is 30.7 Å². The molecule has 0 bridgehead atoms. The highest BCUT2D eigenvalue weighted by Crippen LogP contribution is 2.20. The molecule has 2 rings (SSSR count). The second-order valence-electron chi connectivity index (χ2n) is 6.66. The molecule has 0 aliphatic carbocycles. The number of nitrogens with one attached hydrogen (secondary N) is 1. The summed E-state index contributed by atoms with van der Waals surface area (Å²) in [7, 11) is 0. The number of rotatable bonds is 4. The number of nitrogens with zero attached hydrogens (tertiary/aromatic N) is 1. The average molecular weight is 308 g/mol. The molecule has 0 spiro atoms. The van der Waals surface area contributed by atoms with E-state index in [0.29, 0.717) is 12.1 Å². The van der Waals surface area contributed by atoms with E-state index in [1.54, 1.807) is 0 Å². The second kappa shape index (κ2) is 6.75. The van der Waals surface area contributed by atoms with Crippen molar-refractivity contribution in [2.45, 2.75) is 45.4 Å². The van der Waals surface area contributed by atoms with Gasteiger partial charge in [-0.05, 0) is 52.0 Å². The third-order valence-corrected chi connectivity index (χ3v) is 4.06. The van der Waals surface area contributed by atoms with Crippen LogP contribution in [-0.2, 0) is 4.74 Å². The first-order valence-corrected chi connectivity index (χ1v) is 7.72. The molecule has 0 radical (unpaired) electrons. The first kappa shape index (κ1) is 16.9. The van der Waals surface area contributed by atoms with Crippen LogP contribution in [0, 0.1) is 5.82 Å². The predicted molar refractivity (Wildman–Crippen MR) is 84.4 cm³/mol. The summed E-state index contributed by atoms with van der Waals surface area (Å²) in [6.45, 7) is 10.6. The predicted octanol–water partition coefficient (Wildman–Crippen LogP) is 2.44. The van der Waals surface area contributed by atoms with E-state index in [1.807, 2.05) is 0 Å². The summed E-state index contributed by atoms with van der Waals surface area (Å²) in [5.74, 6) is -0.518. The second-order valence-corrected chi connectivity index (χ2v) is 6.66. The van der Waals surface area contributed by atoms with Crippen LogP contribution in [0.4, 0.5) is 4.39 Å². The smallest absolute Gasteiger partial charge is 0.251 e. The average Bonchev–Trinajstić information content (AvgIpc) is 2.44. The number of carbonyl (C=O) groups is 1. The van der Waals surface area contributed by atoms with Crippen LogP contribution in [0.5, 0.6) is 0 Å². The molecular weight excluding hydrogens is 283 g/mol. The molecule has 1 saturated heterocycles. The minimum Gasteiger partial charge on any atom is -0.373 e. The lowest BCUT2D eigenvalue weighted by Crippen LogP contribution is -2.58. The van der Waals surface area contributed by atoms with Gasteiger partial charge in [-0.2, -0.15) is 0 Å². The van der Waals surface area contributed by atoms with Gasteiger partial charge in [0.1, 0.15) is 5.82 Å². The Labute approximate surface area is 131 Å². The fourth-order valence-electron chi connectivity index (χ4n) is 2.78. The molecule has 1 heterocycles. The quantitative estimate of drug-likeness (QED) is 0.929. The number of amides is 1. The van der Waals surface area contributed by atoms with Crippen LogP contribution in [0.3, 0.4) is 0 Å². The molecule has 4 nitrogen and oxygen atoms in total. The van der Waals surface area contributed by atoms with Crippen LogP contribution in [0.25, 0.3) is 0 Å². The molecule has 2 unspecified atom stereocenters. The van der Waals surface area contributed by atoms with Gasteiger partial charge < -0.3 is 10.1 Å². The Bertz CT molecular complexity index is 506. The zero-order valence-corrected chi connectivity index (χ0v) is 13.7. The van der Waals surface area contributed by atoms with Crippen molar-refractivity contribution in [1.29, 1.82) is 0 Å². The molecule has 1 aliphatic rings. The Morgan fingerprint density at radius 2 is 1.82 bits per heavy atom. The summed E-state index contributed by atoms with van der Waals surface area (Å²) in [5.41, 5.74) is 0.308. The maximum atomic E-state index is 12.9. The first-order valence-electron chi connectivity index (χ1n) is 7.72. The summed E-state index contributed by atoms with van der Waals surface area (Å²) < 4.78 is 18.6. The molecule has 22 heavy (non-hydrogen) atoms. The lowest BCUT2D eigenvalue weighted by molar-refractivity contribution is -0.0948. The number of benzene rings is 1. The van der Waals surface area contributed by atoms with E-state index in [1.165, 1.54) is 24.3 Å². The van der Waals surface area contributed by atoms with Crippen LogP contribution in [-0.4, -0.2) is 48.2 Å². The van der Waals surface area contributed by atoms with Crippen LogP contribution in [0.2, 0.25) is 0 Å². The van der Waals surface area contributed by atoms with Gasteiger partial charge >= 0.3 is 0 Å². The molecule has 2 atom stereocenters. The monoisotopic (exact) mass is 308 g/mol. The van der Waals surface area contributed by atoms with E-state index in [-0.39, 0.29) is 29.5 Å². The minimum atomic E-state index is -0.340. The first-order chi connectivity index (χ1) is 10.3. The van der Waals surface area contributed by atoms with Gasteiger partial charge in [-0.25, -0.2) is 4.39 Å². The molecule has 0 saturated carbocycles. The fraction of sp³-hybridized carbons (Fsp3) is 0.588. The maximum Gasteiger partial charge on any atom is 0.251 e. The van der Waals surface area contributed by atoms with E-state index in [9.17, 15) is 9.18 Å². The zero-order chi connectivity index (χ0) is 16.3. The summed E-state index contributed by atoms with van der Waals surface area (Å²) in [6.07, 6.45) is 0.381. The van der Waals surface area contributed by atoms with Crippen molar-refractivity contribution in [3.05, 3.63) is 35.6 Å². The minimum absolute atomic E-state index is 0.165. The number of morpholine rings is 1.